The highest BCUT2D eigenvalue weighted by Gasteiger charge is 2.22. The Labute approximate surface area is 104 Å². The van der Waals surface area contributed by atoms with Gasteiger partial charge >= 0.3 is 0 Å². The van der Waals surface area contributed by atoms with Gasteiger partial charge < -0.3 is 10.1 Å². The van der Waals surface area contributed by atoms with Crippen molar-refractivity contribution in [1.82, 2.24) is 5.32 Å². The van der Waals surface area contributed by atoms with Gasteiger partial charge in [0.1, 0.15) is 5.75 Å². The molecule has 0 fully saturated rings. The van der Waals surface area contributed by atoms with E-state index in [0.717, 1.165) is 25.3 Å². The van der Waals surface area contributed by atoms with Crippen LogP contribution in [0.25, 0.3) is 0 Å². The van der Waals surface area contributed by atoms with E-state index in [0.29, 0.717) is 6.04 Å². The number of nitrogens with one attached hydrogen (secondary N) is 1. The number of benzene rings is 1. The Morgan fingerprint density at radius 1 is 1.35 bits per heavy atom. The van der Waals surface area contributed by atoms with Crippen LogP contribution in [-0.2, 0) is 0 Å². The van der Waals surface area contributed by atoms with Crippen LogP contribution in [0.1, 0.15) is 48.9 Å². The van der Waals surface area contributed by atoms with Gasteiger partial charge in [-0.1, -0.05) is 31.0 Å². The molecule has 0 spiro atoms. The number of unbranched alkanes of at least 4 members (excludes halogenated alkanes) is 1. The molecule has 1 aromatic carbocycles. The largest absolute Gasteiger partial charge is 0.493 e. The zero-order valence-electron chi connectivity index (χ0n) is 11.2. The van der Waals surface area contributed by atoms with Crippen LogP contribution in [0.5, 0.6) is 5.75 Å². The molecule has 1 aromatic rings. The first-order chi connectivity index (χ1) is 8.22. The number of ether oxygens (including phenoxy) is 1. The van der Waals surface area contributed by atoms with Crippen LogP contribution in [0.15, 0.2) is 12.1 Å². The van der Waals surface area contributed by atoms with Gasteiger partial charge in [-0.05, 0) is 32.4 Å². The summed E-state index contributed by atoms with van der Waals surface area (Å²) in [6.07, 6.45) is 3.58. The van der Waals surface area contributed by atoms with Crippen molar-refractivity contribution in [2.75, 3.05) is 13.2 Å². The third-order valence-corrected chi connectivity index (χ3v) is 3.40. The van der Waals surface area contributed by atoms with E-state index in [9.17, 15) is 0 Å². The maximum absolute atomic E-state index is 5.81. The second kappa shape index (κ2) is 5.54. The van der Waals surface area contributed by atoms with E-state index in [1.807, 2.05) is 0 Å². The van der Waals surface area contributed by atoms with Gasteiger partial charge in [-0.15, -0.1) is 0 Å². The highest BCUT2D eigenvalue weighted by atomic mass is 16.5. The summed E-state index contributed by atoms with van der Waals surface area (Å²) in [5.74, 6) is 1.11. The number of aryl methyl sites for hydroxylation is 2. The third-order valence-electron chi connectivity index (χ3n) is 3.40. The van der Waals surface area contributed by atoms with Crippen molar-refractivity contribution in [3.63, 3.8) is 0 Å². The molecule has 0 bridgehead atoms. The van der Waals surface area contributed by atoms with Gasteiger partial charge in [0.2, 0.25) is 0 Å². The van der Waals surface area contributed by atoms with Crippen LogP contribution in [-0.4, -0.2) is 13.2 Å². The fourth-order valence-corrected chi connectivity index (χ4v) is 2.54. The minimum Gasteiger partial charge on any atom is -0.493 e. The molecule has 0 saturated heterocycles. The van der Waals surface area contributed by atoms with Gasteiger partial charge in [-0.25, -0.2) is 0 Å². The lowest BCUT2D eigenvalue weighted by Crippen LogP contribution is -2.28. The summed E-state index contributed by atoms with van der Waals surface area (Å²) >= 11 is 0. The fourth-order valence-electron chi connectivity index (χ4n) is 2.54. The highest BCUT2D eigenvalue weighted by molar-refractivity contribution is 5.46. The van der Waals surface area contributed by atoms with Gasteiger partial charge in [0.25, 0.3) is 0 Å². The molecule has 1 heterocycles. The summed E-state index contributed by atoms with van der Waals surface area (Å²) in [4.78, 5) is 0. The number of rotatable bonds is 4. The lowest BCUT2D eigenvalue weighted by molar-refractivity contribution is 0.251. The van der Waals surface area contributed by atoms with Crippen molar-refractivity contribution in [2.45, 2.75) is 46.1 Å². The van der Waals surface area contributed by atoms with Gasteiger partial charge in [0.15, 0.2) is 0 Å². The summed E-state index contributed by atoms with van der Waals surface area (Å²) in [6.45, 7) is 8.47. The molecule has 0 amide bonds. The average molecular weight is 233 g/mol. The predicted molar refractivity (Wildman–Crippen MR) is 71.7 cm³/mol. The average Bonchev–Trinajstić information content (AvgIpc) is 2.30. The molecule has 94 valence electrons. The van der Waals surface area contributed by atoms with Crippen LogP contribution < -0.4 is 10.1 Å². The number of hydrogen-bond acceptors (Lipinski definition) is 2. The second-order valence-corrected chi connectivity index (χ2v) is 5.00. The Kier molecular flexibility index (Phi) is 4.06. The molecule has 1 atom stereocenters. The molecule has 0 saturated carbocycles. The van der Waals surface area contributed by atoms with E-state index in [1.54, 1.807) is 0 Å². The first-order valence-corrected chi connectivity index (χ1v) is 6.69. The van der Waals surface area contributed by atoms with Gasteiger partial charge in [0.05, 0.1) is 6.61 Å². The lowest BCUT2D eigenvalue weighted by Gasteiger charge is -2.28. The molecule has 1 aliphatic rings. The smallest absolute Gasteiger partial charge is 0.126 e. The second-order valence-electron chi connectivity index (χ2n) is 5.00. The minimum atomic E-state index is 0.476. The third kappa shape index (κ3) is 2.81. The number of hydrogen-bond donors (Lipinski definition) is 1. The Hall–Kier alpha value is -1.02. The molecule has 2 heteroatoms. The van der Waals surface area contributed by atoms with E-state index < -0.39 is 0 Å². The topological polar surface area (TPSA) is 21.3 Å². The maximum Gasteiger partial charge on any atom is 0.126 e. The van der Waals surface area contributed by atoms with E-state index >= 15 is 0 Å². The van der Waals surface area contributed by atoms with Crippen molar-refractivity contribution in [3.8, 4) is 5.75 Å². The first kappa shape index (κ1) is 12.4. The van der Waals surface area contributed by atoms with Crippen molar-refractivity contribution in [2.24, 2.45) is 0 Å². The van der Waals surface area contributed by atoms with Crippen LogP contribution >= 0.6 is 0 Å². The molecule has 0 radical (unpaired) electrons. The summed E-state index contributed by atoms with van der Waals surface area (Å²) in [5, 5.41) is 3.65. The normalized spacial score (nSPS) is 18.6. The zero-order valence-corrected chi connectivity index (χ0v) is 11.2. The summed E-state index contributed by atoms with van der Waals surface area (Å²) in [6, 6.07) is 4.95. The fraction of sp³-hybridized carbons (Fsp3) is 0.600. The molecule has 1 N–H and O–H groups in total. The Bertz CT molecular complexity index is 387. The lowest BCUT2D eigenvalue weighted by atomic mass is 9.95. The summed E-state index contributed by atoms with van der Waals surface area (Å²) in [5.41, 5.74) is 3.95. The Balaban J connectivity index is 2.18. The van der Waals surface area contributed by atoms with E-state index in [-0.39, 0.29) is 0 Å². The molecule has 0 aliphatic carbocycles. The molecule has 17 heavy (non-hydrogen) atoms. The summed E-state index contributed by atoms with van der Waals surface area (Å²) < 4.78 is 5.81. The van der Waals surface area contributed by atoms with E-state index in [4.69, 9.17) is 4.74 Å². The first-order valence-electron chi connectivity index (χ1n) is 6.69. The molecule has 2 rings (SSSR count). The maximum atomic E-state index is 5.81. The van der Waals surface area contributed by atoms with Gasteiger partial charge in [0, 0.05) is 18.0 Å². The van der Waals surface area contributed by atoms with Crippen LogP contribution in [0.2, 0.25) is 0 Å². The Morgan fingerprint density at radius 2 is 2.18 bits per heavy atom. The predicted octanol–water partition coefficient (Wildman–Crippen LogP) is 3.52. The van der Waals surface area contributed by atoms with Crippen molar-refractivity contribution in [1.29, 1.82) is 0 Å². The quantitative estimate of drug-likeness (QED) is 0.803. The van der Waals surface area contributed by atoms with Crippen LogP contribution in [0.3, 0.4) is 0 Å². The monoisotopic (exact) mass is 233 g/mol. The minimum absolute atomic E-state index is 0.476. The molecule has 1 aliphatic heterocycles. The zero-order chi connectivity index (χ0) is 12.3. The molecule has 1 unspecified atom stereocenters. The molecule has 0 aromatic heterocycles. The highest BCUT2D eigenvalue weighted by Crippen LogP contribution is 2.35. The standard InChI is InChI=1S/C15H23NO/c1-4-5-7-16-14-6-8-17-15-12(3)9-11(2)10-13(14)15/h9-10,14,16H,4-8H2,1-3H3. The van der Waals surface area contributed by atoms with Crippen molar-refractivity contribution >= 4 is 0 Å². The molecular formula is C15H23NO. The Morgan fingerprint density at radius 3 is 2.94 bits per heavy atom. The molecular weight excluding hydrogens is 210 g/mol. The van der Waals surface area contributed by atoms with Crippen LogP contribution in [0, 0.1) is 13.8 Å². The molecule has 2 nitrogen and oxygen atoms in total. The van der Waals surface area contributed by atoms with E-state index in [1.165, 1.54) is 29.5 Å². The van der Waals surface area contributed by atoms with Crippen molar-refractivity contribution in [3.05, 3.63) is 28.8 Å². The van der Waals surface area contributed by atoms with Gasteiger partial charge in [-0.3, -0.25) is 0 Å². The van der Waals surface area contributed by atoms with Crippen LogP contribution in [0.4, 0.5) is 0 Å². The number of fused-ring (bicyclic) bond motifs is 1. The SMILES string of the molecule is CCCCNC1CCOc2c(C)cc(C)cc21. The van der Waals surface area contributed by atoms with E-state index in [2.05, 4.69) is 38.2 Å². The summed E-state index contributed by atoms with van der Waals surface area (Å²) in [7, 11) is 0. The van der Waals surface area contributed by atoms with Crippen molar-refractivity contribution < 1.29 is 4.74 Å². The van der Waals surface area contributed by atoms with Gasteiger partial charge in [-0.2, -0.15) is 0 Å².